The standard InChI is InChI=1S/C33H32ClN3O6S2/c1-4-6-17-43-23-14-11-20(12-15-23)29(38)27-28(21-13-16-25(42-5-2)26(18-21)41-3)37(31(40)30(27)39)32-35-36-33(45-32)44-19-22-9-7-8-10-24(22)34/h7-16,18,28,38H,4-6,17,19H2,1-3H3/b29-27-. The maximum atomic E-state index is 13.7. The average Bonchev–Trinajstić information content (AvgIpc) is 3.62. The van der Waals surface area contributed by atoms with E-state index in [2.05, 4.69) is 17.1 Å². The second-order valence-corrected chi connectivity index (χ2v) is 12.6. The van der Waals surface area contributed by atoms with Gasteiger partial charge in [0, 0.05) is 16.3 Å². The maximum Gasteiger partial charge on any atom is 0.301 e. The van der Waals surface area contributed by atoms with E-state index in [1.807, 2.05) is 31.2 Å². The molecule has 1 atom stereocenters. The quantitative estimate of drug-likeness (QED) is 0.0383. The molecule has 1 fully saturated rings. The lowest BCUT2D eigenvalue weighted by Crippen LogP contribution is -2.29. The summed E-state index contributed by atoms with van der Waals surface area (Å²) in [6, 6.07) is 18.4. The minimum absolute atomic E-state index is 0.0775. The zero-order valence-corrected chi connectivity index (χ0v) is 27.4. The molecule has 1 aliphatic heterocycles. The first-order chi connectivity index (χ1) is 21.9. The number of aliphatic hydroxyl groups is 1. The van der Waals surface area contributed by atoms with Crippen LogP contribution >= 0.6 is 34.7 Å². The van der Waals surface area contributed by atoms with E-state index in [1.165, 1.54) is 35.1 Å². The number of carbonyl (C=O) groups excluding carboxylic acids is 2. The average molecular weight is 666 g/mol. The van der Waals surface area contributed by atoms with Crippen molar-refractivity contribution in [2.45, 2.75) is 42.8 Å². The van der Waals surface area contributed by atoms with Crippen molar-refractivity contribution < 1.29 is 28.9 Å². The predicted molar refractivity (Wildman–Crippen MR) is 177 cm³/mol. The molecule has 1 unspecified atom stereocenters. The number of nitrogens with zero attached hydrogens (tertiary/aromatic N) is 3. The van der Waals surface area contributed by atoms with Crippen molar-refractivity contribution in [3.05, 3.63) is 94.0 Å². The molecule has 12 heteroatoms. The zero-order chi connectivity index (χ0) is 31.9. The zero-order valence-electron chi connectivity index (χ0n) is 25.0. The Morgan fingerprint density at radius 1 is 1.02 bits per heavy atom. The summed E-state index contributed by atoms with van der Waals surface area (Å²) in [6.45, 7) is 4.94. The first-order valence-electron chi connectivity index (χ1n) is 14.4. The van der Waals surface area contributed by atoms with Crippen molar-refractivity contribution in [1.29, 1.82) is 0 Å². The number of Topliss-reactive ketones (excluding diaryl/α,β-unsaturated/α-hetero) is 1. The molecule has 234 valence electrons. The SMILES string of the molecule is CCCCOc1ccc(/C(O)=C2/C(=O)C(=O)N(c3nnc(SCc4ccccc4Cl)s3)C2c2ccc(OCC)c(OC)c2)cc1. The molecule has 3 aromatic carbocycles. The molecule has 1 aliphatic rings. The van der Waals surface area contributed by atoms with Gasteiger partial charge in [-0.15, -0.1) is 10.2 Å². The highest BCUT2D eigenvalue weighted by molar-refractivity contribution is 8.00. The monoisotopic (exact) mass is 665 g/mol. The number of rotatable bonds is 13. The van der Waals surface area contributed by atoms with Crippen LogP contribution in [-0.2, 0) is 15.3 Å². The lowest BCUT2D eigenvalue weighted by molar-refractivity contribution is -0.132. The van der Waals surface area contributed by atoms with Gasteiger partial charge in [-0.1, -0.05) is 72.3 Å². The number of anilines is 1. The molecule has 0 saturated carbocycles. The topological polar surface area (TPSA) is 111 Å². The molecule has 1 amide bonds. The molecule has 1 aromatic heterocycles. The molecular formula is C33H32ClN3O6S2. The highest BCUT2D eigenvalue weighted by Crippen LogP contribution is 2.45. The molecule has 1 saturated heterocycles. The van der Waals surface area contributed by atoms with Crippen LogP contribution in [0.3, 0.4) is 0 Å². The van der Waals surface area contributed by atoms with E-state index in [0.29, 0.717) is 56.7 Å². The minimum atomic E-state index is -1.01. The van der Waals surface area contributed by atoms with Crippen LogP contribution in [-0.4, -0.2) is 47.3 Å². The fourth-order valence-electron chi connectivity index (χ4n) is 4.79. The Morgan fingerprint density at radius 2 is 1.80 bits per heavy atom. The molecule has 4 aromatic rings. The van der Waals surface area contributed by atoms with E-state index >= 15 is 0 Å². The van der Waals surface area contributed by atoms with E-state index in [1.54, 1.807) is 42.5 Å². The Balaban J connectivity index is 1.54. The van der Waals surface area contributed by atoms with Gasteiger partial charge < -0.3 is 19.3 Å². The third-order valence-corrected chi connectivity index (χ3v) is 9.53. The van der Waals surface area contributed by atoms with Crippen LogP contribution in [0.2, 0.25) is 5.02 Å². The normalized spacial score (nSPS) is 15.8. The van der Waals surface area contributed by atoms with Crippen molar-refractivity contribution in [1.82, 2.24) is 10.2 Å². The van der Waals surface area contributed by atoms with Crippen LogP contribution in [0.25, 0.3) is 5.76 Å². The van der Waals surface area contributed by atoms with Gasteiger partial charge >= 0.3 is 5.91 Å². The third kappa shape index (κ3) is 7.11. The lowest BCUT2D eigenvalue weighted by Gasteiger charge is -2.23. The summed E-state index contributed by atoms with van der Waals surface area (Å²) >= 11 is 8.91. The van der Waals surface area contributed by atoms with Crippen molar-refractivity contribution in [2.75, 3.05) is 25.2 Å². The van der Waals surface area contributed by atoms with Crippen molar-refractivity contribution in [2.24, 2.45) is 0 Å². The minimum Gasteiger partial charge on any atom is -0.507 e. The van der Waals surface area contributed by atoms with Crippen LogP contribution in [0.4, 0.5) is 5.13 Å². The summed E-state index contributed by atoms with van der Waals surface area (Å²) in [5.41, 5.74) is 1.75. The first-order valence-corrected chi connectivity index (χ1v) is 16.6. The molecule has 2 heterocycles. The second-order valence-electron chi connectivity index (χ2n) is 9.97. The highest BCUT2D eigenvalue weighted by Gasteiger charge is 2.48. The number of methoxy groups -OCH3 is 1. The van der Waals surface area contributed by atoms with Gasteiger partial charge in [0.1, 0.15) is 11.5 Å². The lowest BCUT2D eigenvalue weighted by atomic mass is 9.95. The van der Waals surface area contributed by atoms with Gasteiger partial charge in [-0.25, -0.2) is 0 Å². The molecule has 9 nitrogen and oxygen atoms in total. The number of carbonyl (C=O) groups is 2. The number of thioether (sulfide) groups is 1. The fourth-order valence-corrected chi connectivity index (χ4v) is 6.94. The van der Waals surface area contributed by atoms with Gasteiger partial charge in [-0.3, -0.25) is 14.5 Å². The summed E-state index contributed by atoms with van der Waals surface area (Å²) in [7, 11) is 1.51. The Hall–Kier alpha value is -4.06. The van der Waals surface area contributed by atoms with Gasteiger partial charge in [0.15, 0.2) is 15.8 Å². The Bertz CT molecular complexity index is 1710. The van der Waals surface area contributed by atoms with Crippen molar-refractivity contribution >= 4 is 57.3 Å². The van der Waals surface area contributed by atoms with Crippen molar-refractivity contribution in [3.63, 3.8) is 0 Å². The second kappa shape index (κ2) is 14.8. The highest BCUT2D eigenvalue weighted by atomic mass is 35.5. The van der Waals surface area contributed by atoms with E-state index in [4.69, 9.17) is 25.8 Å². The van der Waals surface area contributed by atoms with Crippen LogP contribution in [0.5, 0.6) is 17.2 Å². The molecular weight excluding hydrogens is 634 g/mol. The number of aliphatic hydroxyl groups excluding tert-OH is 1. The van der Waals surface area contributed by atoms with Crippen molar-refractivity contribution in [3.8, 4) is 17.2 Å². The predicted octanol–water partition coefficient (Wildman–Crippen LogP) is 7.70. The van der Waals surface area contributed by atoms with Crippen LogP contribution in [0.15, 0.2) is 76.6 Å². The van der Waals surface area contributed by atoms with Gasteiger partial charge in [-0.05, 0) is 66.9 Å². The third-order valence-electron chi connectivity index (χ3n) is 7.05. The number of amides is 1. The van der Waals surface area contributed by atoms with Gasteiger partial charge in [0.25, 0.3) is 5.78 Å². The maximum absolute atomic E-state index is 13.7. The molecule has 0 spiro atoms. The smallest absolute Gasteiger partial charge is 0.301 e. The summed E-state index contributed by atoms with van der Waals surface area (Å²) in [5.74, 6) is 0.137. The number of unbranched alkanes of at least 4 members (excludes halogenated alkanes) is 1. The molecule has 1 N–H and O–H groups in total. The Morgan fingerprint density at radius 3 is 2.51 bits per heavy atom. The summed E-state index contributed by atoms with van der Waals surface area (Å²) in [4.78, 5) is 28.6. The number of ketones is 1. The molecule has 0 radical (unpaired) electrons. The number of hydrogen-bond donors (Lipinski definition) is 1. The molecule has 45 heavy (non-hydrogen) atoms. The summed E-state index contributed by atoms with van der Waals surface area (Å²) in [6.07, 6.45) is 1.92. The van der Waals surface area contributed by atoms with Gasteiger partial charge in [-0.2, -0.15) is 0 Å². The fraction of sp³-hybridized carbons (Fsp3) is 0.273. The van der Waals surface area contributed by atoms with Gasteiger partial charge in [0.05, 0.1) is 31.9 Å². The van der Waals surface area contributed by atoms with E-state index in [9.17, 15) is 14.7 Å². The number of halogens is 1. The Kier molecular flexibility index (Phi) is 10.6. The Labute approximate surface area is 274 Å². The first kappa shape index (κ1) is 32.3. The van der Waals surface area contributed by atoms with Crippen LogP contribution < -0.4 is 19.1 Å². The van der Waals surface area contributed by atoms with E-state index in [-0.39, 0.29) is 16.5 Å². The van der Waals surface area contributed by atoms with Gasteiger partial charge in [0.2, 0.25) is 5.13 Å². The molecule has 0 bridgehead atoms. The number of benzene rings is 3. The van der Waals surface area contributed by atoms with E-state index in [0.717, 1.165) is 18.4 Å². The largest absolute Gasteiger partial charge is 0.507 e. The number of ether oxygens (including phenoxy) is 3. The number of hydrogen-bond acceptors (Lipinski definition) is 10. The van der Waals surface area contributed by atoms with Crippen LogP contribution in [0, 0.1) is 0 Å². The summed E-state index contributed by atoms with van der Waals surface area (Å²) in [5, 5.41) is 21.0. The van der Waals surface area contributed by atoms with Crippen LogP contribution in [0.1, 0.15) is 49.4 Å². The van der Waals surface area contributed by atoms with E-state index < -0.39 is 17.7 Å². The number of aromatic nitrogens is 2. The molecule has 0 aliphatic carbocycles. The summed E-state index contributed by atoms with van der Waals surface area (Å²) < 4.78 is 17.6. The molecule has 5 rings (SSSR count).